The van der Waals surface area contributed by atoms with Gasteiger partial charge in [-0.2, -0.15) is 0 Å². The second-order valence-electron chi connectivity index (χ2n) is 20.8. The van der Waals surface area contributed by atoms with Crippen molar-refractivity contribution in [1.82, 2.24) is 10.2 Å². The van der Waals surface area contributed by atoms with E-state index in [0.29, 0.717) is 60.8 Å². The number of nitrogens with two attached hydrogens (primary N) is 1. The summed E-state index contributed by atoms with van der Waals surface area (Å²) in [5, 5.41) is 36.6. The van der Waals surface area contributed by atoms with Gasteiger partial charge in [-0.05, 0) is 113 Å². The number of amides is 2. The molecule has 1 aromatic rings. The van der Waals surface area contributed by atoms with Crippen LogP contribution in [0.1, 0.15) is 122 Å². The number of carboxylic acid groups (broad SMARTS) is 1. The summed E-state index contributed by atoms with van der Waals surface area (Å²) in [4.78, 5) is 83.9. The van der Waals surface area contributed by atoms with E-state index in [4.69, 9.17) is 29.4 Å². The fourth-order valence-corrected chi connectivity index (χ4v) is 11.1. The molecule has 15 unspecified atom stereocenters. The molecular weight excluding hydrogens is 946 g/mol. The molecule has 406 valence electrons. The largest absolute Gasteiger partial charge is 0.480 e. The van der Waals surface area contributed by atoms with E-state index in [1.54, 1.807) is 78.0 Å². The summed E-state index contributed by atoms with van der Waals surface area (Å²) in [6, 6.07) is 3.76. The number of carbonyl (C=O) groups excluding carboxylic acids is 5. The highest BCUT2D eigenvalue weighted by Gasteiger charge is 2.57. The van der Waals surface area contributed by atoms with Gasteiger partial charge in [0.1, 0.15) is 36.2 Å². The highest BCUT2D eigenvalue weighted by atomic mass is 19.1. The van der Waals surface area contributed by atoms with Gasteiger partial charge in [-0.25, -0.2) is 9.18 Å². The third-order valence-corrected chi connectivity index (χ3v) is 15.6. The maximum absolute atomic E-state index is 16.4. The molecule has 2 bridgehead atoms. The van der Waals surface area contributed by atoms with Crippen molar-refractivity contribution in [2.75, 3.05) is 27.4 Å². The number of aliphatic hydroxyl groups is 2. The van der Waals surface area contributed by atoms with E-state index in [1.165, 1.54) is 14.2 Å². The zero-order valence-corrected chi connectivity index (χ0v) is 43.8. The van der Waals surface area contributed by atoms with Gasteiger partial charge in [0.25, 0.3) is 17.6 Å². The van der Waals surface area contributed by atoms with Gasteiger partial charge in [0.2, 0.25) is 5.79 Å². The number of fused-ring (bicyclic) bond motifs is 3. The predicted octanol–water partition coefficient (Wildman–Crippen LogP) is 5.37. The number of ether oxygens (including phenoxy) is 5. The first kappa shape index (κ1) is 59.2. The normalized spacial score (nSPS) is 35.2. The van der Waals surface area contributed by atoms with Gasteiger partial charge in [-0.1, -0.05) is 64.1 Å². The molecule has 16 atom stereocenters. The maximum Gasteiger partial charge on any atom is 0.329 e. The van der Waals surface area contributed by atoms with Crippen molar-refractivity contribution < 1.29 is 72.2 Å². The van der Waals surface area contributed by atoms with E-state index < -0.39 is 120 Å². The smallest absolute Gasteiger partial charge is 0.329 e. The SMILES string of the molecule is C=CCOC1CC(C=C(C)C2OC(=O)C3CCCCN3C(=O)C(=O)C3(O)OC(C(OC)CC(C)C(F)C(C)=CC(CC)C(=O)CC(O)C2C)C(OC)CC3C)CCC1NC(=O)c1ccccc1C[C@@H](N)C(=O)O. The van der Waals surface area contributed by atoms with E-state index >= 15 is 4.39 Å². The van der Waals surface area contributed by atoms with Gasteiger partial charge in [-0.15, -0.1) is 6.58 Å². The molecule has 18 heteroatoms. The van der Waals surface area contributed by atoms with Crippen LogP contribution in [-0.4, -0.2) is 150 Å². The van der Waals surface area contributed by atoms with Gasteiger partial charge in [-0.3, -0.25) is 24.0 Å². The van der Waals surface area contributed by atoms with E-state index in [2.05, 4.69) is 11.9 Å². The number of esters is 1. The molecule has 3 heterocycles. The lowest BCUT2D eigenvalue weighted by Crippen LogP contribution is -2.64. The second kappa shape index (κ2) is 26.7. The molecule has 0 radical (unpaired) electrons. The number of benzene rings is 1. The number of Topliss-reactive ketones (excluding diaryl/α,β-unsaturated/α-hetero) is 2. The number of halogens is 1. The first-order valence-electron chi connectivity index (χ1n) is 25.9. The van der Waals surface area contributed by atoms with Gasteiger partial charge >= 0.3 is 11.9 Å². The Morgan fingerprint density at radius 2 is 1.71 bits per heavy atom. The van der Waals surface area contributed by atoms with Crippen LogP contribution in [-0.2, 0) is 54.1 Å². The number of hydrogen-bond acceptors (Lipinski definition) is 14. The Kier molecular flexibility index (Phi) is 21.6. The number of carboxylic acids is 1. The van der Waals surface area contributed by atoms with Gasteiger partial charge in [0, 0.05) is 50.5 Å². The molecule has 4 aliphatic rings. The van der Waals surface area contributed by atoms with Crippen LogP contribution in [0.15, 0.2) is 60.2 Å². The van der Waals surface area contributed by atoms with Crippen LogP contribution in [0.25, 0.3) is 0 Å². The van der Waals surface area contributed by atoms with Crippen LogP contribution in [0.5, 0.6) is 0 Å². The van der Waals surface area contributed by atoms with Crippen molar-refractivity contribution in [3.05, 3.63) is 71.3 Å². The summed E-state index contributed by atoms with van der Waals surface area (Å²) in [5.74, 6) is -11.3. The molecule has 6 N–H and O–H groups in total. The molecule has 1 aromatic carbocycles. The molecule has 5 rings (SSSR count). The summed E-state index contributed by atoms with van der Waals surface area (Å²) in [7, 11) is 2.85. The topological polar surface area (TPSA) is 251 Å². The number of alkyl halides is 1. The van der Waals surface area contributed by atoms with Gasteiger partial charge < -0.3 is 55.0 Å². The van der Waals surface area contributed by atoms with E-state index in [-0.39, 0.29) is 57.0 Å². The van der Waals surface area contributed by atoms with Crippen molar-refractivity contribution in [3.8, 4) is 0 Å². The standard InChI is InChI=1S/C55H80FN3O14/c1-10-22-71-44-27-35(19-20-40(44)58-51(63)38-17-13-12-16-37(38)28-39(57)53(65)66)23-32(5)48-34(7)42(60)29-43(61)36(11-2)24-30(3)47(56)31(4)25-45(69-8)49-46(70-9)26-33(6)55(68,73-49)50(62)52(64)59-21-15-14-18-41(59)54(67)72-48/h10,12-13,16-17,23-24,31,33-36,39-42,44-49,60,68H,1,11,14-15,18-22,25-29,57H2,2-9H3,(H,58,63)(H,65,66)/t31?,33?,34?,35?,36?,39-,40?,41?,42?,44?,45?,46?,47?,48?,49?,55?/m1/s1. The van der Waals surface area contributed by atoms with Crippen molar-refractivity contribution in [3.63, 3.8) is 0 Å². The monoisotopic (exact) mass is 1030 g/mol. The molecule has 3 fully saturated rings. The van der Waals surface area contributed by atoms with Crippen molar-refractivity contribution in [1.29, 1.82) is 0 Å². The average Bonchev–Trinajstić information content (AvgIpc) is 3.37. The Bertz CT molecular complexity index is 2190. The molecule has 2 saturated heterocycles. The molecule has 3 aliphatic heterocycles. The fourth-order valence-electron chi connectivity index (χ4n) is 11.1. The summed E-state index contributed by atoms with van der Waals surface area (Å²) >= 11 is 0. The van der Waals surface area contributed by atoms with Crippen molar-refractivity contribution in [2.45, 2.75) is 179 Å². The van der Waals surface area contributed by atoms with Crippen LogP contribution >= 0.6 is 0 Å². The predicted molar refractivity (Wildman–Crippen MR) is 268 cm³/mol. The molecule has 2 amide bonds. The van der Waals surface area contributed by atoms with Gasteiger partial charge in [0.05, 0.1) is 37.1 Å². The molecule has 73 heavy (non-hydrogen) atoms. The van der Waals surface area contributed by atoms with Crippen LogP contribution in [0, 0.1) is 29.6 Å². The summed E-state index contributed by atoms with van der Waals surface area (Å²) in [6.45, 7) is 14.0. The van der Waals surface area contributed by atoms with Crippen molar-refractivity contribution in [2.24, 2.45) is 35.3 Å². The number of rotatable bonds is 13. The fraction of sp³-hybridized carbons (Fsp3) is 0.673. The Morgan fingerprint density at radius 3 is 2.37 bits per heavy atom. The number of ketones is 2. The number of aliphatic carboxylic acids is 1. The number of nitrogens with one attached hydrogen (secondary N) is 1. The third-order valence-electron chi connectivity index (χ3n) is 15.6. The molecule has 1 aliphatic carbocycles. The van der Waals surface area contributed by atoms with E-state index in [1.807, 2.05) is 6.08 Å². The first-order valence-corrected chi connectivity index (χ1v) is 25.9. The second-order valence-corrected chi connectivity index (χ2v) is 20.8. The molecule has 0 aromatic heterocycles. The van der Waals surface area contributed by atoms with E-state index in [0.717, 1.165) is 4.90 Å². The number of hydrogen-bond donors (Lipinski definition) is 5. The Labute approximate surface area is 429 Å². The Hall–Kier alpha value is -4.69. The minimum absolute atomic E-state index is 0.000710. The lowest BCUT2D eigenvalue weighted by molar-refractivity contribution is -0.302. The summed E-state index contributed by atoms with van der Waals surface area (Å²) in [5.41, 5.74) is 7.44. The summed E-state index contributed by atoms with van der Waals surface area (Å²) < 4.78 is 46.8. The number of allylic oxidation sites excluding steroid dienone is 3. The molecule has 1 saturated carbocycles. The lowest BCUT2D eigenvalue weighted by atomic mass is 9.80. The van der Waals surface area contributed by atoms with Crippen molar-refractivity contribution >= 4 is 35.3 Å². The third kappa shape index (κ3) is 14.4. The number of piperidine rings is 1. The number of aliphatic hydroxyl groups excluding tert-OH is 1. The number of methoxy groups -OCH3 is 2. The minimum Gasteiger partial charge on any atom is -0.480 e. The van der Waals surface area contributed by atoms with Crippen LogP contribution < -0.4 is 11.1 Å². The quantitative estimate of drug-likeness (QED) is 0.0947. The van der Waals surface area contributed by atoms with Gasteiger partial charge in [0.15, 0.2) is 0 Å². The highest BCUT2D eigenvalue weighted by molar-refractivity contribution is 6.39. The number of nitrogens with zero attached hydrogens (tertiary/aromatic N) is 1. The molecule has 0 spiro atoms. The number of cyclic esters (lactones) is 1. The maximum atomic E-state index is 16.4. The Morgan fingerprint density at radius 1 is 1.03 bits per heavy atom. The molecule has 17 nitrogen and oxygen atoms in total. The number of carbonyl (C=O) groups is 6. The van der Waals surface area contributed by atoms with Crippen LogP contribution in [0.2, 0.25) is 0 Å². The van der Waals surface area contributed by atoms with Crippen LogP contribution in [0.4, 0.5) is 4.39 Å². The highest BCUT2D eigenvalue weighted by Crippen LogP contribution is 2.40. The average molecular weight is 1030 g/mol. The zero-order chi connectivity index (χ0) is 53.9. The first-order chi connectivity index (χ1) is 34.6. The molecular formula is C55H80FN3O14. The lowest BCUT2D eigenvalue weighted by Gasteiger charge is -2.47. The van der Waals surface area contributed by atoms with E-state index in [9.17, 15) is 44.1 Å². The zero-order valence-electron chi connectivity index (χ0n) is 43.8. The Balaban J connectivity index is 1.49. The summed E-state index contributed by atoms with van der Waals surface area (Å²) in [6.07, 6.45) is 0.431. The van der Waals surface area contributed by atoms with Crippen LogP contribution in [0.3, 0.4) is 0 Å². The minimum atomic E-state index is -2.66.